The minimum Gasteiger partial charge on any atom is -0.277 e. The van der Waals surface area contributed by atoms with Crippen LogP contribution in [-0.4, -0.2) is 14.6 Å². The molecule has 17 heavy (non-hydrogen) atoms. The summed E-state index contributed by atoms with van der Waals surface area (Å²) < 4.78 is 1.83. The molecule has 0 atom stereocenters. The zero-order valence-electron chi connectivity index (χ0n) is 9.54. The van der Waals surface area contributed by atoms with E-state index in [-0.39, 0.29) is 5.69 Å². The average Bonchev–Trinajstić information content (AvgIpc) is 2.61. The molecule has 88 valence electrons. The molecule has 0 bridgehead atoms. The van der Waals surface area contributed by atoms with E-state index in [9.17, 15) is 10.1 Å². The molecule has 2 rings (SSSR count). The molecule has 0 saturated carbocycles. The van der Waals surface area contributed by atoms with E-state index in [0.717, 1.165) is 11.4 Å². The molecule has 6 nitrogen and oxygen atoms in total. The molecule has 2 aromatic rings. The van der Waals surface area contributed by atoms with Crippen molar-refractivity contribution in [3.8, 4) is 0 Å². The predicted octanol–water partition coefficient (Wildman–Crippen LogP) is 2.28. The van der Waals surface area contributed by atoms with Crippen LogP contribution in [-0.2, 0) is 0 Å². The Morgan fingerprint density at radius 3 is 2.53 bits per heavy atom. The molecule has 0 aromatic carbocycles. The number of nitro groups is 1. The number of hydrogen-bond acceptors (Lipinski definition) is 4. The molecule has 2 aromatic heterocycles. The number of aryl methyl sites for hydroxylation is 2. The van der Waals surface area contributed by atoms with E-state index in [2.05, 4.69) is 10.4 Å². The molecule has 2 heterocycles. The fraction of sp³-hybridized carbons (Fsp3) is 0.182. The van der Waals surface area contributed by atoms with Crippen LogP contribution in [0.1, 0.15) is 11.4 Å². The maximum atomic E-state index is 10.6. The molecule has 0 aliphatic heterocycles. The van der Waals surface area contributed by atoms with Crippen molar-refractivity contribution >= 4 is 11.5 Å². The molecule has 0 aliphatic carbocycles. The second kappa shape index (κ2) is 4.25. The van der Waals surface area contributed by atoms with Gasteiger partial charge in [0.15, 0.2) is 5.82 Å². The zero-order valence-corrected chi connectivity index (χ0v) is 9.54. The van der Waals surface area contributed by atoms with Gasteiger partial charge in [0.25, 0.3) is 5.69 Å². The van der Waals surface area contributed by atoms with Gasteiger partial charge in [0, 0.05) is 23.7 Å². The number of aromatic nitrogens is 2. The Labute approximate surface area is 98.0 Å². The highest BCUT2D eigenvalue weighted by atomic mass is 16.6. The molecule has 0 unspecified atom stereocenters. The van der Waals surface area contributed by atoms with Gasteiger partial charge in [-0.25, -0.2) is 4.98 Å². The molecular formula is C11H12N4O2. The first-order chi connectivity index (χ1) is 8.08. The Hall–Kier alpha value is -2.37. The average molecular weight is 232 g/mol. The van der Waals surface area contributed by atoms with Crippen LogP contribution in [0.25, 0.3) is 0 Å². The van der Waals surface area contributed by atoms with Gasteiger partial charge in [-0.2, -0.15) is 0 Å². The molecular weight excluding hydrogens is 220 g/mol. The van der Waals surface area contributed by atoms with Gasteiger partial charge < -0.3 is 0 Å². The standard InChI is InChI=1S/C11H12N4O2/c1-8-3-4-9(2)14(8)13-11-7-10(15(16)17)5-6-12-11/h3-7H,1-2H3,(H,12,13). The quantitative estimate of drug-likeness (QED) is 0.650. The van der Waals surface area contributed by atoms with Gasteiger partial charge in [-0.1, -0.05) is 0 Å². The van der Waals surface area contributed by atoms with Crippen molar-refractivity contribution in [3.63, 3.8) is 0 Å². The molecule has 1 N–H and O–H groups in total. The van der Waals surface area contributed by atoms with Crippen LogP contribution < -0.4 is 5.43 Å². The third-order valence-electron chi connectivity index (χ3n) is 2.45. The van der Waals surface area contributed by atoms with Crippen molar-refractivity contribution in [2.45, 2.75) is 13.8 Å². The Kier molecular flexibility index (Phi) is 2.78. The number of rotatable bonds is 3. The van der Waals surface area contributed by atoms with Gasteiger partial charge in [-0.05, 0) is 26.0 Å². The summed E-state index contributed by atoms with van der Waals surface area (Å²) in [5.41, 5.74) is 5.06. The van der Waals surface area contributed by atoms with Gasteiger partial charge in [0.05, 0.1) is 11.0 Å². The molecule has 0 fully saturated rings. The van der Waals surface area contributed by atoms with Crippen LogP contribution >= 0.6 is 0 Å². The van der Waals surface area contributed by atoms with Gasteiger partial charge in [0.1, 0.15) is 0 Å². The summed E-state index contributed by atoms with van der Waals surface area (Å²) in [6, 6.07) is 6.68. The van der Waals surface area contributed by atoms with Gasteiger partial charge in [-0.15, -0.1) is 0 Å². The highest BCUT2D eigenvalue weighted by molar-refractivity contribution is 5.44. The largest absolute Gasteiger partial charge is 0.277 e. The van der Waals surface area contributed by atoms with Crippen LogP contribution in [0.5, 0.6) is 0 Å². The van der Waals surface area contributed by atoms with E-state index in [4.69, 9.17) is 0 Å². The minimum atomic E-state index is -0.442. The Bertz CT molecular complexity index is 543. The SMILES string of the molecule is Cc1ccc(C)n1Nc1cc([N+](=O)[O-])ccn1. The number of pyridine rings is 1. The summed E-state index contributed by atoms with van der Waals surface area (Å²) >= 11 is 0. The lowest BCUT2D eigenvalue weighted by atomic mass is 10.4. The summed E-state index contributed by atoms with van der Waals surface area (Å²) in [6.45, 7) is 3.88. The third-order valence-corrected chi connectivity index (χ3v) is 2.45. The maximum absolute atomic E-state index is 10.6. The number of nitrogens with zero attached hydrogens (tertiary/aromatic N) is 3. The lowest BCUT2D eigenvalue weighted by Crippen LogP contribution is -2.13. The lowest BCUT2D eigenvalue weighted by Gasteiger charge is -2.11. The van der Waals surface area contributed by atoms with E-state index < -0.39 is 4.92 Å². The van der Waals surface area contributed by atoms with Crippen LogP contribution in [0.3, 0.4) is 0 Å². The van der Waals surface area contributed by atoms with Gasteiger partial charge in [-0.3, -0.25) is 20.2 Å². The Balaban J connectivity index is 2.30. The smallest absolute Gasteiger partial charge is 0.274 e. The second-order valence-corrected chi connectivity index (χ2v) is 3.72. The normalized spacial score (nSPS) is 10.2. The fourth-order valence-electron chi connectivity index (χ4n) is 1.55. The second-order valence-electron chi connectivity index (χ2n) is 3.72. The summed E-state index contributed by atoms with van der Waals surface area (Å²) in [7, 11) is 0. The Morgan fingerprint density at radius 2 is 1.94 bits per heavy atom. The zero-order chi connectivity index (χ0) is 12.4. The van der Waals surface area contributed by atoms with Crippen LogP contribution in [0.2, 0.25) is 0 Å². The summed E-state index contributed by atoms with van der Waals surface area (Å²) in [4.78, 5) is 14.2. The van der Waals surface area contributed by atoms with Gasteiger partial charge >= 0.3 is 0 Å². The van der Waals surface area contributed by atoms with Crippen molar-refractivity contribution in [3.05, 3.63) is 52.0 Å². The molecule has 0 spiro atoms. The number of hydrogen-bond donors (Lipinski definition) is 1. The maximum Gasteiger partial charge on any atom is 0.274 e. The lowest BCUT2D eigenvalue weighted by molar-refractivity contribution is -0.384. The monoisotopic (exact) mass is 232 g/mol. The summed E-state index contributed by atoms with van der Waals surface area (Å²) in [5, 5.41) is 10.6. The van der Waals surface area contributed by atoms with Crippen molar-refractivity contribution in [1.82, 2.24) is 9.66 Å². The first-order valence-electron chi connectivity index (χ1n) is 5.10. The van der Waals surface area contributed by atoms with E-state index in [1.165, 1.54) is 18.3 Å². The molecule has 0 aliphatic rings. The summed E-state index contributed by atoms with van der Waals surface area (Å²) in [5.74, 6) is 0.446. The van der Waals surface area contributed by atoms with E-state index in [1.54, 1.807) is 0 Å². The van der Waals surface area contributed by atoms with Crippen molar-refractivity contribution < 1.29 is 4.92 Å². The van der Waals surface area contributed by atoms with Crippen molar-refractivity contribution in [2.24, 2.45) is 0 Å². The topological polar surface area (TPSA) is 73.0 Å². The van der Waals surface area contributed by atoms with E-state index >= 15 is 0 Å². The summed E-state index contributed by atoms with van der Waals surface area (Å²) in [6.07, 6.45) is 1.41. The highest BCUT2D eigenvalue weighted by Gasteiger charge is 2.08. The highest BCUT2D eigenvalue weighted by Crippen LogP contribution is 2.15. The van der Waals surface area contributed by atoms with Crippen LogP contribution in [0.4, 0.5) is 11.5 Å². The number of nitrogens with one attached hydrogen (secondary N) is 1. The molecule has 6 heteroatoms. The first-order valence-corrected chi connectivity index (χ1v) is 5.10. The predicted molar refractivity (Wildman–Crippen MR) is 63.8 cm³/mol. The Morgan fingerprint density at radius 1 is 1.29 bits per heavy atom. The van der Waals surface area contributed by atoms with E-state index in [0.29, 0.717) is 5.82 Å². The van der Waals surface area contributed by atoms with Crippen molar-refractivity contribution in [2.75, 3.05) is 5.43 Å². The third kappa shape index (κ3) is 2.25. The van der Waals surface area contributed by atoms with Gasteiger partial charge in [0.2, 0.25) is 0 Å². The molecule has 0 amide bonds. The first kappa shape index (κ1) is 11.1. The minimum absolute atomic E-state index is 0.0185. The fourth-order valence-corrected chi connectivity index (χ4v) is 1.55. The molecule has 0 radical (unpaired) electrons. The molecule has 0 saturated heterocycles. The van der Waals surface area contributed by atoms with Crippen molar-refractivity contribution in [1.29, 1.82) is 0 Å². The van der Waals surface area contributed by atoms with Crippen LogP contribution in [0.15, 0.2) is 30.5 Å². The van der Waals surface area contributed by atoms with E-state index in [1.807, 2.05) is 30.7 Å². The number of anilines is 1. The van der Waals surface area contributed by atoms with Crippen LogP contribution in [0, 0.1) is 24.0 Å².